The van der Waals surface area contributed by atoms with Crippen LogP contribution in [0.5, 0.6) is 0 Å². The molecule has 0 nitrogen and oxygen atoms in total. The van der Waals surface area contributed by atoms with Crippen molar-refractivity contribution in [2.45, 2.75) is 12.1 Å². The predicted molar refractivity (Wildman–Crippen MR) is 29.3 cm³/mol. The molecule has 0 spiro atoms. The summed E-state index contributed by atoms with van der Waals surface area (Å²) in [6.45, 7) is 2.29. The van der Waals surface area contributed by atoms with Gasteiger partial charge in [-0.2, -0.15) is 0 Å². The van der Waals surface area contributed by atoms with Gasteiger partial charge in [0.15, 0.2) is 0 Å². The molecule has 0 aromatic rings. The van der Waals surface area contributed by atoms with Crippen molar-refractivity contribution in [3.8, 4) is 0 Å². The van der Waals surface area contributed by atoms with E-state index in [2.05, 4.69) is 6.92 Å². The molecule has 0 fully saturated rings. The van der Waals surface area contributed by atoms with Crippen LogP contribution in [0.4, 0.5) is 0 Å². The highest BCUT2D eigenvalue weighted by Gasteiger charge is 1.69. The summed E-state index contributed by atoms with van der Waals surface area (Å²) in [4.78, 5) is 0. The Hall–Kier alpha value is 0.434. The molecule has 0 atom stereocenters. The molecule has 0 amide bonds. The van der Waals surface area contributed by atoms with Crippen molar-refractivity contribution < 1.29 is 0 Å². The van der Waals surface area contributed by atoms with Gasteiger partial charge in [-0.1, -0.05) is 12.1 Å². The first kappa shape index (κ1) is 4.43. The van der Waals surface area contributed by atoms with Gasteiger partial charge in [0.05, 0.1) is 0 Å². The molecule has 26 valence electrons. The van der Waals surface area contributed by atoms with E-state index in [0.29, 0.717) is 0 Å². The van der Waals surface area contributed by atoms with Gasteiger partial charge >= 0.3 is 0 Å². The Morgan fingerprint density at radius 2 is 1.50 bits per heavy atom. The Labute approximate surface area is 33.4 Å². The van der Waals surface area contributed by atoms with E-state index in [4.69, 9.17) is 0 Å². The molecule has 0 aliphatic carbocycles. The summed E-state index contributed by atoms with van der Waals surface area (Å²) in [6, 6.07) is 0. The quantitative estimate of drug-likeness (QED) is 0.317. The number of rotatable bonds is 0. The minimum Gasteiger partial charge on any atom is -0.0689 e. The summed E-state index contributed by atoms with van der Waals surface area (Å²) in [5.74, 6) is 0. The highest BCUT2D eigenvalue weighted by atomic mass is 28.2. The maximum atomic E-state index is 2.29. The van der Waals surface area contributed by atoms with Gasteiger partial charge in [0.2, 0.25) is 0 Å². The highest BCUT2D eigenvalue weighted by Crippen LogP contribution is 1.77. The van der Waals surface area contributed by atoms with E-state index in [1.807, 2.05) is 0 Å². The molecule has 0 heterocycles. The zero-order valence-corrected chi connectivity index (χ0v) is 7.58. The van der Waals surface area contributed by atoms with Gasteiger partial charge in [-0.05, 0) is 0 Å². The average molecular weight is 90.3 g/mol. The van der Waals surface area contributed by atoms with E-state index >= 15 is 0 Å². The maximum Gasteiger partial charge on any atom is 0.00210 e. The lowest BCUT2D eigenvalue weighted by Gasteiger charge is -1.78. The topological polar surface area (TPSA) is 0 Å². The van der Waals surface area contributed by atoms with E-state index in [1.54, 1.807) is 0 Å². The fourth-order valence-corrected chi connectivity index (χ4v) is 0. The molecule has 0 rings (SSSR count). The summed E-state index contributed by atoms with van der Waals surface area (Å²) >= 11 is 0. The van der Waals surface area contributed by atoms with Crippen LogP contribution in [-0.2, 0) is 0 Å². The third-order valence-corrected chi connectivity index (χ3v) is 0. The lowest BCUT2D eigenvalue weighted by molar-refractivity contribution is 1.36. The first-order valence-corrected chi connectivity index (χ1v) is 4.04. The zero-order valence-electron chi connectivity index (χ0n) is 3.58. The molecule has 0 aliphatic rings. The van der Waals surface area contributed by atoms with Gasteiger partial charge in [0.1, 0.15) is 0 Å². The van der Waals surface area contributed by atoms with Gasteiger partial charge in [-0.15, -0.1) is 0 Å². The minimum absolute atomic E-state index is 1.11. The van der Waals surface area contributed by atoms with Crippen molar-refractivity contribution >= 4 is 20.5 Å². The van der Waals surface area contributed by atoms with Gasteiger partial charge in [-0.25, -0.2) is 0 Å². The maximum absolute atomic E-state index is 2.29. The summed E-state index contributed by atoms with van der Waals surface area (Å²) < 4.78 is 0. The largest absolute Gasteiger partial charge is 0.0689 e. The summed E-state index contributed by atoms with van der Waals surface area (Å²) in [5.41, 5.74) is 0. The standard InChI is InChI=1S/C2H10Si2/c1-2(3)4/h2H,1,3-4H3. The monoisotopic (exact) mass is 90.0 g/mol. The Morgan fingerprint density at radius 1 is 1.50 bits per heavy atom. The molecule has 4 heavy (non-hydrogen) atoms. The van der Waals surface area contributed by atoms with Crippen molar-refractivity contribution in [2.75, 3.05) is 0 Å². The van der Waals surface area contributed by atoms with Gasteiger partial charge in [0, 0.05) is 20.5 Å². The lowest BCUT2D eigenvalue weighted by Crippen LogP contribution is -1.76. The summed E-state index contributed by atoms with van der Waals surface area (Å²) in [6.07, 6.45) is 0. The van der Waals surface area contributed by atoms with Crippen LogP contribution in [0.3, 0.4) is 0 Å². The first-order valence-electron chi connectivity index (χ1n) is 1.73. The molecule has 0 unspecified atom stereocenters. The molecule has 0 bridgehead atoms. The normalized spacial score (nSPS) is 17.2. The molecular weight excluding hydrogens is 80.2 g/mol. The summed E-state index contributed by atoms with van der Waals surface area (Å²) in [5, 5.41) is 1.11. The van der Waals surface area contributed by atoms with E-state index in [9.17, 15) is 0 Å². The molecule has 0 aromatic heterocycles. The number of hydrogen-bond donors (Lipinski definition) is 0. The van der Waals surface area contributed by atoms with Crippen LogP contribution in [0, 0.1) is 0 Å². The molecular formula is C2H10Si2. The molecule has 0 aromatic carbocycles. The molecule has 0 radical (unpaired) electrons. The Balaban J connectivity index is 2.32. The Kier molecular flexibility index (Phi) is 1.91. The van der Waals surface area contributed by atoms with E-state index < -0.39 is 0 Å². The second kappa shape index (κ2) is 1.72. The SMILES string of the molecule is CC([SiH3])[SiH3]. The molecule has 0 saturated carbocycles. The summed E-state index contributed by atoms with van der Waals surface area (Å²) in [7, 11) is 2.82. The fourth-order valence-electron chi connectivity index (χ4n) is 0. The zero-order chi connectivity index (χ0) is 3.58. The predicted octanol–water partition coefficient (Wildman–Crippen LogP) is -1.52. The van der Waals surface area contributed by atoms with Gasteiger partial charge in [0.25, 0.3) is 0 Å². The van der Waals surface area contributed by atoms with Crippen LogP contribution in [0.2, 0.25) is 5.16 Å². The van der Waals surface area contributed by atoms with Crippen LogP contribution in [0.25, 0.3) is 0 Å². The minimum atomic E-state index is 1.11. The van der Waals surface area contributed by atoms with Crippen molar-refractivity contribution in [1.29, 1.82) is 0 Å². The fraction of sp³-hybridized carbons (Fsp3) is 1.00. The van der Waals surface area contributed by atoms with Crippen molar-refractivity contribution in [2.24, 2.45) is 0 Å². The van der Waals surface area contributed by atoms with Gasteiger partial charge in [-0.3, -0.25) is 0 Å². The molecule has 0 N–H and O–H groups in total. The van der Waals surface area contributed by atoms with Crippen molar-refractivity contribution in [3.63, 3.8) is 0 Å². The van der Waals surface area contributed by atoms with Gasteiger partial charge < -0.3 is 0 Å². The third-order valence-electron chi connectivity index (χ3n) is 0. The van der Waals surface area contributed by atoms with Crippen molar-refractivity contribution in [1.82, 2.24) is 0 Å². The highest BCUT2D eigenvalue weighted by molar-refractivity contribution is 6.34. The van der Waals surface area contributed by atoms with Crippen LogP contribution in [0.1, 0.15) is 6.92 Å². The Bertz CT molecular complexity index is 8.75. The second-order valence-corrected chi connectivity index (χ2v) is 8.66. The average Bonchev–Trinajstić information content (AvgIpc) is 0.811. The van der Waals surface area contributed by atoms with E-state index in [-0.39, 0.29) is 0 Å². The smallest absolute Gasteiger partial charge is 0.00210 e. The first-order chi connectivity index (χ1) is 1.73. The second-order valence-electron chi connectivity index (χ2n) is 1.73. The van der Waals surface area contributed by atoms with Crippen LogP contribution in [-0.4, -0.2) is 20.5 Å². The van der Waals surface area contributed by atoms with Crippen LogP contribution in [0.15, 0.2) is 0 Å². The molecule has 0 saturated heterocycles. The van der Waals surface area contributed by atoms with E-state index in [1.165, 1.54) is 20.5 Å². The Morgan fingerprint density at radius 3 is 1.50 bits per heavy atom. The third kappa shape index (κ3) is 26.6. The molecule has 0 aliphatic heterocycles. The number of hydrogen-bond acceptors (Lipinski definition) is 0. The molecule has 2 heteroatoms. The van der Waals surface area contributed by atoms with Crippen LogP contribution >= 0.6 is 0 Å². The van der Waals surface area contributed by atoms with Crippen molar-refractivity contribution in [3.05, 3.63) is 0 Å². The van der Waals surface area contributed by atoms with E-state index in [0.717, 1.165) is 5.16 Å². The lowest BCUT2D eigenvalue weighted by atomic mass is 11.0. The van der Waals surface area contributed by atoms with Crippen LogP contribution < -0.4 is 0 Å².